The Hall–Kier alpha value is -2.93. The lowest BCUT2D eigenvalue weighted by atomic mass is 9.73. The van der Waals surface area contributed by atoms with Gasteiger partial charge in [0.05, 0.1) is 11.7 Å². The molecule has 28 heavy (non-hydrogen) atoms. The summed E-state index contributed by atoms with van der Waals surface area (Å²) in [6.07, 6.45) is 2.08. The molecular formula is C21H24N2O5. The van der Waals surface area contributed by atoms with Crippen molar-refractivity contribution < 1.29 is 19.8 Å². The lowest BCUT2D eigenvalue weighted by molar-refractivity contribution is -0.162. The molecule has 1 aliphatic rings. The number of H-pyrrole nitrogens is 1. The lowest BCUT2D eigenvalue weighted by Gasteiger charge is -2.43. The molecule has 7 nitrogen and oxygen atoms in total. The van der Waals surface area contributed by atoms with Crippen LogP contribution in [0.5, 0.6) is 0 Å². The fourth-order valence-corrected chi connectivity index (χ4v) is 3.79. The maximum Gasteiger partial charge on any atom is 0.314 e. The second-order valence-corrected chi connectivity index (χ2v) is 7.27. The fraction of sp³-hybridized carbons (Fsp3) is 0.381. The second kappa shape index (κ2) is 8.39. The molecule has 0 bridgehead atoms. The van der Waals surface area contributed by atoms with Gasteiger partial charge in [0, 0.05) is 25.4 Å². The van der Waals surface area contributed by atoms with Gasteiger partial charge >= 0.3 is 5.97 Å². The molecule has 3 rings (SSSR count). The quantitative estimate of drug-likeness (QED) is 0.702. The zero-order valence-corrected chi connectivity index (χ0v) is 15.5. The Balaban J connectivity index is 1.74. The molecule has 148 valence electrons. The third-order valence-electron chi connectivity index (χ3n) is 5.46. The predicted octanol–water partition coefficient (Wildman–Crippen LogP) is 1.68. The highest BCUT2D eigenvalue weighted by Gasteiger charge is 2.49. The molecule has 1 aromatic carbocycles. The molecule has 1 amide bonds. The second-order valence-electron chi connectivity index (χ2n) is 7.27. The van der Waals surface area contributed by atoms with Crippen LogP contribution in [-0.4, -0.2) is 51.2 Å². The van der Waals surface area contributed by atoms with Crippen LogP contribution in [0, 0.1) is 5.41 Å². The Bertz CT molecular complexity index is 875. The lowest BCUT2D eigenvalue weighted by Crippen LogP contribution is -2.57. The number of aryl methyl sites for hydroxylation is 1. The Morgan fingerprint density at radius 2 is 1.93 bits per heavy atom. The van der Waals surface area contributed by atoms with Crippen LogP contribution in [-0.2, 0) is 11.2 Å². The minimum Gasteiger partial charge on any atom is -0.481 e. The molecule has 1 fully saturated rings. The van der Waals surface area contributed by atoms with Crippen LogP contribution in [0.3, 0.4) is 0 Å². The third kappa shape index (κ3) is 4.14. The van der Waals surface area contributed by atoms with Gasteiger partial charge in [-0.3, -0.25) is 14.4 Å². The van der Waals surface area contributed by atoms with Gasteiger partial charge in [-0.15, -0.1) is 0 Å². The van der Waals surface area contributed by atoms with Crippen molar-refractivity contribution in [2.45, 2.75) is 31.8 Å². The van der Waals surface area contributed by atoms with Crippen molar-refractivity contribution in [3.63, 3.8) is 0 Å². The number of amides is 1. The summed E-state index contributed by atoms with van der Waals surface area (Å²) >= 11 is 0. The highest BCUT2D eigenvalue weighted by molar-refractivity contribution is 5.94. The number of carboxylic acid groups (broad SMARTS) is 1. The number of aliphatic hydroxyl groups is 1. The number of aromatic amines is 1. The first kappa shape index (κ1) is 19.8. The molecule has 0 spiro atoms. The summed E-state index contributed by atoms with van der Waals surface area (Å²) in [5.74, 6) is -1.44. The van der Waals surface area contributed by atoms with Crippen molar-refractivity contribution in [3.8, 4) is 0 Å². The number of hydrogen-bond acceptors (Lipinski definition) is 4. The molecule has 0 radical (unpaired) electrons. The van der Waals surface area contributed by atoms with Gasteiger partial charge in [-0.2, -0.15) is 0 Å². The first-order chi connectivity index (χ1) is 13.4. The molecule has 3 N–H and O–H groups in total. The number of benzene rings is 1. The zero-order valence-electron chi connectivity index (χ0n) is 15.5. The summed E-state index contributed by atoms with van der Waals surface area (Å²) in [4.78, 5) is 40.0. The first-order valence-electron chi connectivity index (χ1n) is 9.36. The molecular weight excluding hydrogens is 360 g/mol. The van der Waals surface area contributed by atoms with Crippen LogP contribution < -0.4 is 5.56 Å². The molecule has 0 aliphatic carbocycles. The summed E-state index contributed by atoms with van der Waals surface area (Å²) in [5, 5.41) is 20.4. The van der Waals surface area contributed by atoms with Crippen LogP contribution in [0.15, 0.2) is 53.5 Å². The predicted molar refractivity (Wildman–Crippen MR) is 103 cm³/mol. The van der Waals surface area contributed by atoms with Gasteiger partial charge in [-0.1, -0.05) is 30.3 Å². The number of rotatable bonds is 6. The van der Waals surface area contributed by atoms with Gasteiger partial charge in [0.15, 0.2) is 0 Å². The standard InChI is InChI=1S/C21H24N2O5/c24-17-10-12-23(19(26)16-8-9-18(25)22-13-16)14-21(17,20(27)28)11-4-7-15-5-2-1-3-6-15/h1-3,5-6,8-9,13,17,24H,4,7,10-12,14H2,(H,22,25)(H,27,28)/t17-,21+/m0/s1. The number of aromatic nitrogens is 1. The van der Waals surface area contributed by atoms with E-state index in [1.165, 1.54) is 23.2 Å². The van der Waals surface area contributed by atoms with Gasteiger partial charge in [0.1, 0.15) is 5.41 Å². The number of aliphatic carboxylic acids is 1. The number of carbonyl (C=O) groups excluding carboxylic acids is 1. The van der Waals surface area contributed by atoms with Crippen LogP contribution in [0.2, 0.25) is 0 Å². The normalized spacial score (nSPS) is 22.0. The number of nitrogens with one attached hydrogen (secondary N) is 1. The van der Waals surface area contributed by atoms with Crippen LogP contribution in [0.25, 0.3) is 0 Å². The number of nitrogens with zero attached hydrogens (tertiary/aromatic N) is 1. The number of aliphatic hydroxyl groups excluding tert-OH is 1. The molecule has 0 saturated carbocycles. The number of carboxylic acids is 1. The summed E-state index contributed by atoms with van der Waals surface area (Å²) in [6, 6.07) is 12.4. The van der Waals surface area contributed by atoms with Crippen molar-refractivity contribution in [1.82, 2.24) is 9.88 Å². The molecule has 2 atom stereocenters. The number of hydrogen-bond donors (Lipinski definition) is 3. The molecule has 1 aromatic heterocycles. The Labute approximate surface area is 162 Å². The van der Waals surface area contributed by atoms with Crippen LogP contribution in [0.4, 0.5) is 0 Å². The SMILES string of the molecule is O=C(c1ccc(=O)[nH]c1)N1CC[C@H](O)[C@](CCCc2ccccc2)(C(=O)O)C1. The Morgan fingerprint density at radius 1 is 1.18 bits per heavy atom. The summed E-state index contributed by atoms with van der Waals surface area (Å²) in [6.45, 7) is 0.211. The maximum absolute atomic E-state index is 12.8. The molecule has 1 saturated heterocycles. The smallest absolute Gasteiger partial charge is 0.314 e. The van der Waals surface area contributed by atoms with E-state index >= 15 is 0 Å². The van der Waals surface area contributed by atoms with Gasteiger partial charge in [-0.25, -0.2) is 0 Å². The van der Waals surface area contributed by atoms with E-state index in [1.807, 2.05) is 30.3 Å². The largest absolute Gasteiger partial charge is 0.481 e. The van der Waals surface area contributed by atoms with E-state index in [2.05, 4.69) is 4.98 Å². The van der Waals surface area contributed by atoms with E-state index in [0.29, 0.717) is 18.4 Å². The molecule has 0 unspecified atom stereocenters. The van der Waals surface area contributed by atoms with Gasteiger partial charge < -0.3 is 20.1 Å². The topological polar surface area (TPSA) is 111 Å². The van der Waals surface area contributed by atoms with E-state index in [4.69, 9.17) is 0 Å². The van der Waals surface area contributed by atoms with Gasteiger partial charge in [0.25, 0.3) is 5.91 Å². The van der Waals surface area contributed by atoms with Gasteiger partial charge in [0.2, 0.25) is 5.56 Å². The summed E-state index contributed by atoms with van der Waals surface area (Å²) in [5.41, 5.74) is -0.314. The average molecular weight is 384 g/mol. The number of carbonyl (C=O) groups is 2. The van der Waals surface area contributed by atoms with Crippen LogP contribution in [0.1, 0.15) is 35.2 Å². The highest BCUT2D eigenvalue weighted by Crippen LogP contribution is 2.36. The maximum atomic E-state index is 12.8. The molecule has 7 heteroatoms. The van der Waals surface area contributed by atoms with Crippen molar-refractivity contribution in [1.29, 1.82) is 0 Å². The first-order valence-corrected chi connectivity index (χ1v) is 9.36. The van der Waals surface area contributed by atoms with E-state index in [9.17, 15) is 24.6 Å². The minimum absolute atomic E-state index is 0.0593. The zero-order chi connectivity index (χ0) is 20.1. The molecule has 2 aromatic rings. The summed E-state index contributed by atoms with van der Waals surface area (Å²) in [7, 11) is 0. The Morgan fingerprint density at radius 3 is 2.57 bits per heavy atom. The number of piperidine rings is 1. The molecule has 2 heterocycles. The summed E-state index contributed by atoms with van der Waals surface area (Å²) < 4.78 is 0. The number of likely N-dealkylation sites (tertiary alicyclic amines) is 1. The van der Waals surface area contributed by atoms with Gasteiger partial charge in [-0.05, 0) is 37.3 Å². The minimum atomic E-state index is -1.40. The third-order valence-corrected chi connectivity index (χ3v) is 5.46. The van der Waals surface area contributed by atoms with E-state index < -0.39 is 17.5 Å². The monoisotopic (exact) mass is 384 g/mol. The van der Waals surface area contributed by atoms with E-state index in [1.54, 1.807) is 0 Å². The number of pyridine rings is 1. The van der Waals surface area contributed by atoms with Crippen molar-refractivity contribution in [2.75, 3.05) is 13.1 Å². The van der Waals surface area contributed by atoms with Crippen molar-refractivity contribution in [3.05, 3.63) is 70.1 Å². The fourth-order valence-electron chi connectivity index (χ4n) is 3.79. The van der Waals surface area contributed by atoms with Crippen molar-refractivity contribution >= 4 is 11.9 Å². The van der Waals surface area contributed by atoms with Crippen molar-refractivity contribution in [2.24, 2.45) is 5.41 Å². The highest BCUT2D eigenvalue weighted by atomic mass is 16.4. The van der Waals surface area contributed by atoms with E-state index in [0.717, 1.165) is 5.56 Å². The van der Waals surface area contributed by atoms with E-state index in [-0.39, 0.29) is 37.4 Å². The average Bonchev–Trinajstić information content (AvgIpc) is 2.70. The van der Waals surface area contributed by atoms with Crippen LogP contribution >= 0.6 is 0 Å². The Kier molecular flexibility index (Phi) is 5.94. The molecule has 1 aliphatic heterocycles.